The van der Waals surface area contributed by atoms with Crippen molar-refractivity contribution in [3.63, 3.8) is 0 Å². The van der Waals surface area contributed by atoms with E-state index in [0.717, 1.165) is 0 Å². The van der Waals surface area contributed by atoms with Gasteiger partial charge in [0.1, 0.15) is 0 Å². The first-order valence-electron chi connectivity index (χ1n) is 3.30. The van der Waals surface area contributed by atoms with Gasteiger partial charge in [-0.2, -0.15) is 0 Å². The molecular weight excluding hydrogens is 128 g/mol. The molecule has 0 rings (SSSR count). The normalized spacial score (nSPS) is 12.3. The average molecular weight is 142 g/mol. The molecule has 0 aromatic heterocycles. The van der Waals surface area contributed by atoms with E-state index in [0.29, 0.717) is 17.7 Å². The zero-order valence-electron chi connectivity index (χ0n) is 6.69. The predicted molar refractivity (Wildman–Crippen MR) is 41.2 cm³/mol. The van der Waals surface area contributed by atoms with Crippen LogP contribution in [0.4, 0.5) is 0 Å². The summed E-state index contributed by atoms with van der Waals surface area (Å²) in [7, 11) is 1.60. The van der Waals surface area contributed by atoms with Crippen LogP contribution in [0.15, 0.2) is 11.3 Å². The number of rotatable bonds is 2. The molecule has 0 bridgehead atoms. The first kappa shape index (κ1) is 9.01. The molecule has 1 amide bonds. The predicted octanol–water partition coefficient (Wildman–Crippen LogP) is 0.375. The van der Waals surface area contributed by atoms with Gasteiger partial charge in [-0.3, -0.25) is 4.79 Å². The highest BCUT2D eigenvalue weighted by Crippen LogP contribution is 2.02. The van der Waals surface area contributed by atoms with Crippen molar-refractivity contribution in [3.8, 4) is 0 Å². The summed E-state index contributed by atoms with van der Waals surface area (Å²) in [5, 5.41) is 2.52. The highest BCUT2D eigenvalue weighted by molar-refractivity contribution is 5.93. The molecule has 0 aliphatic carbocycles. The lowest BCUT2D eigenvalue weighted by Crippen LogP contribution is -2.22. The smallest absolute Gasteiger partial charge is 0.248 e. The zero-order valence-corrected chi connectivity index (χ0v) is 6.69. The van der Waals surface area contributed by atoms with Crippen molar-refractivity contribution in [2.45, 2.75) is 20.3 Å². The second kappa shape index (κ2) is 3.93. The van der Waals surface area contributed by atoms with Crippen LogP contribution in [0.5, 0.6) is 0 Å². The molecule has 0 saturated heterocycles. The van der Waals surface area contributed by atoms with Crippen LogP contribution in [0.25, 0.3) is 0 Å². The summed E-state index contributed by atoms with van der Waals surface area (Å²) in [5.41, 5.74) is 6.71. The lowest BCUT2D eigenvalue weighted by atomic mass is 10.1. The van der Waals surface area contributed by atoms with Gasteiger partial charge in [0.25, 0.3) is 0 Å². The molecule has 3 N–H and O–H groups in total. The summed E-state index contributed by atoms with van der Waals surface area (Å²) < 4.78 is 0. The van der Waals surface area contributed by atoms with Gasteiger partial charge in [0, 0.05) is 18.3 Å². The van der Waals surface area contributed by atoms with Crippen LogP contribution in [0, 0.1) is 0 Å². The maximum Gasteiger partial charge on any atom is 0.248 e. The molecule has 0 saturated carbocycles. The second-order valence-electron chi connectivity index (χ2n) is 2.09. The van der Waals surface area contributed by atoms with Crippen LogP contribution in [0.1, 0.15) is 20.3 Å². The molecule has 0 atom stereocenters. The minimum Gasteiger partial charge on any atom is -0.402 e. The van der Waals surface area contributed by atoms with Crippen LogP contribution in [0.3, 0.4) is 0 Å². The second-order valence-corrected chi connectivity index (χ2v) is 2.09. The molecule has 0 aromatic rings. The fourth-order valence-corrected chi connectivity index (χ4v) is 0.769. The molecule has 58 valence electrons. The van der Waals surface area contributed by atoms with Crippen molar-refractivity contribution < 1.29 is 4.79 Å². The molecule has 10 heavy (non-hydrogen) atoms. The fourth-order valence-electron chi connectivity index (χ4n) is 0.769. The molecule has 0 spiro atoms. The van der Waals surface area contributed by atoms with E-state index in [1.165, 1.54) is 0 Å². The van der Waals surface area contributed by atoms with Crippen molar-refractivity contribution in [2.24, 2.45) is 5.73 Å². The third-order valence-electron chi connectivity index (χ3n) is 1.33. The summed E-state index contributed by atoms with van der Waals surface area (Å²) >= 11 is 0. The van der Waals surface area contributed by atoms with Crippen LogP contribution >= 0.6 is 0 Å². The maximum atomic E-state index is 10.9. The van der Waals surface area contributed by atoms with Crippen molar-refractivity contribution in [3.05, 3.63) is 11.3 Å². The Bertz CT molecular complexity index is 157. The Hall–Kier alpha value is -0.990. The van der Waals surface area contributed by atoms with Crippen molar-refractivity contribution >= 4 is 5.91 Å². The first-order chi connectivity index (χ1) is 4.63. The lowest BCUT2D eigenvalue weighted by molar-refractivity contribution is -0.117. The van der Waals surface area contributed by atoms with E-state index in [2.05, 4.69) is 5.32 Å². The van der Waals surface area contributed by atoms with Gasteiger partial charge in [0.05, 0.1) is 0 Å². The largest absolute Gasteiger partial charge is 0.402 e. The van der Waals surface area contributed by atoms with E-state index < -0.39 is 0 Å². The molecule has 3 heteroatoms. The van der Waals surface area contributed by atoms with E-state index in [1.807, 2.05) is 6.92 Å². The van der Waals surface area contributed by atoms with Crippen LogP contribution in [0.2, 0.25) is 0 Å². The minimum absolute atomic E-state index is 0.0810. The summed E-state index contributed by atoms with van der Waals surface area (Å²) in [6.07, 6.45) is 0.683. The zero-order chi connectivity index (χ0) is 8.15. The monoisotopic (exact) mass is 142 g/mol. The number of amides is 1. The molecule has 0 radical (unpaired) electrons. The standard InChI is InChI=1S/C7H14N2O/c1-4-6(5(2)8)7(10)9-3/h4,8H2,1-3H3,(H,9,10). The number of nitrogens with one attached hydrogen (secondary N) is 1. The number of allylic oxidation sites excluding steroid dienone is 1. The van der Waals surface area contributed by atoms with E-state index >= 15 is 0 Å². The number of carbonyl (C=O) groups excluding carboxylic acids is 1. The van der Waals surface area contributed by atoms with E-state index in [9.17, 15) is 4.79 Å². The molecule has 0 aliphatic heterocycles. The summed E-state index contributed by atoms with van der Waals surface area (Å²) in [5.74, 6) is -0.0810. The van der Waals surface area contributed by atoms with Gasteiger partial charge in [-0.15, -0.1) is 0 Å². The minimum atomic E-state index is -0.0810. The Morgan fingerprint density at radius 1 is 1.60 bits per heavy atom. The van der Waals surface area contributed by atoms with Crippen LogP contribution < -0.4 is 11.1 Å². The van der Waals surface area contributed by atoms with Gasteiger partial charge in [-0.1, -0.05) is 6.92 Å². The third kappa shape index (κ3) is 2.09. The van der Waals surface area contributed by atoms with E-state index in [-0.39, 0.29) is 5.91 Å². The number of hydrogen-bond acceptors (Lipinski definition) is 2. The van der Waals surface area contributed by atoms with E-state index in [1.54, 1.807) is 14.0 Å². The molecule has 0 aliphatic rings. The lowest BCUT2D eigenvalue weighted by Gasteiger charge is -2.03. The van der Waals surface area contributed by atoms with Gasteiger partial charge in [-0.05, 0) is 13.3 Å². The quantitative estimate of drug-likeness (QED) is 0.547. The highest BCUT2D eigenvalue weighted by Gasteiger charge is 2.05. The molecule has 0 aromatic carbocycles. The van der Waals surface area contributed by atoms with Gasteiger partial charge in [-0.25, -0.2) is 0 Å². The summed E-state index contributed by atoms with van der Waals surface area (Å²) in [4.78, 5) is 10.9. The molecule has 0 fully saturated rings. The first-order valence-corrected chi connectivity index (χ1v) is 3.30. The Labute approximate surface area is 61.3 Å². The summed E-state index contributed by atoms with van der Waals surface area (Å²) in [6.45, 7) is 3.63. The van der Waals surface area contributed by atoms with Gasteiger partial charge in [0.15, 0.2) is 0 Å². The average Bonchev–Trinajstić information content (AvgIpc) is 1.88. The molecular formula is C7H14N2O. The number of nitrogens with two attached hydrogens (primary N) is 1. The van der Waals surface area contributed by atoms with Gasteiger partial charge in [0.2, 0.25) is 5.91 Å². The summed E-state index contributed by atoms with van der Waals surface area (Å²) in [6, 6.07) is 0. The number of likely N-dealkylation sites (N-methyl/N-ethyl adjacent to an activating group) is 1. The Balaban J connectivity index is 4.37. The number of hydrogen-bond donors (Lipinski definition) is 2. The van der Waals surface area contributed by atoms with Gasteiger partial charge < -0.3 is 11.1 Å². The number of carbonyl (C=O) groups is 1. The molecule has 0 heterocycles. The molecule has 0 unspecified atom stereocenters. The van der Waals surface area contributed by atoms with Crippen molar-refractivity contribution in [1.29, 1.82) is 0 Å². The van der Waals surface area contributed by atoms with Crippen molar-refractivity contribution in [2.75, 3.05) is 7.05 Å². The SMILES string of the molecule is CCC(C(=O)NC)=C(C)N. The third-order valence-corrected chi connectivity index (χ3v) is 1.33. The van der Waals surface area contributed by atoms with Crippen LogP contribution in [-0.2, 0) is 4.79 Å². The Morgan fingerprint density at radius 2 is 2.10 bits per heavy atom. The topological polar surface area (TPSA) is 55.1 Å². The Kier molecular flexibility index (Phi) is 3.54. The van der Waals surface area contributed by atoms with Crippen LogP contribution in [-0.4, -0.2) is 13.0 Å². The molecule has 3 nitrogen and oxygen atoms in total. The maximum absolute atomic E-state index is 10.9. The fraction of sp³-hybridized carbons (Fsp3) is 0.571. The highest BCUT2D eigenvalue weighted by atomic mass is 16.1. The Morgan fingerprint density at radius 3 is 2.20 bits per heavy atom. The van der Waals surface area contributed by atoms with Gasteiger partial charge >= 0.3 is 0 Å². The van der Waals surface area contributed by atoms with Crippen molar-refractivity contribution in [1.82, 2.24) is 5.32 Å². The van der Waals surface area contributed by atoms with E-state index in [4.69, 9.17) is 5.73 Å².